The molecule has 0 aliphatic heterocycles. The topological polar surface area (TPSA) is 24.7 Å². The fourth-order valence-electron chi connectivity index (χ4n) is 1.85. The van der Waals surface area contributed by atoms with Gasteiger partial charge in [-0.15, -0.1) is 10.2 Å². The molecule has 0 fully saturated rings. The number of azo groups is 1. The van der Waals surface area contributed by atoms with E-state index in [9.17, 15) is 0 Å². The molecule has 0 atom stereocenters. The smallest absolute Gasteiger partial charge is 0.0936 e. The van der Waals surface area contributed by atoms with Gasteiger partial charge in [0.2, 0.25) is 0 Å². The SMILES string of the molecule is [c]1ccccc1N=Nc1cccc2ccccc12. The molecule has 0 saturated heterocycles. The van der Waals surface area contributed by atoms with Crippen molar-refractivity contribution in [1.29, 1.82) is 0 Å². The second-order valence-corrected chi connectivity index (χ2v) is 3.95. The molecule has 85 valence electrons. The molecule has 0 unspecified atom stereocenters. The lowest BCUT2D eigenvalue weighted by atomic mass is 10.1. The molecule has 0 heterocycles. The van der Waals surface area contributed by atoms with Gasteiger partial charge in [0.15, 0.2) is 0 Å². The summed E-state index contributed by atoms with van der Waals surface area (Å²) in [5.74, 6) is 0. The van der Waals surface area contributed by atoms with Crippen LogP contribution in [0.5, 0.6) is 0 Å². The maximum absolute atomic E-state index is 4.30. The van der Waals surface area contributed by atoms with Crippen molar-refractivity contribution in [2.24, 2.45) is 10.2 Å². The van der Waals surface area contributed by atoms with Gasteiger partial charge < -0.3 is 0 Å². The quantitative estimate of drug-likeness (QED) is 0.551. The zero-order valence-electron chi connectivity index (χ0n) is 9.75. The molecule has 2 heteroatoms. The summed E-state index contributed by atoms with van der Waals surface area (Å²) >= 11 is 0. The average Bonchev–Trinajstić information content (AvgIpc) is 2.46. The van der Waals surface area contributed by atoms with E-state index in [1.54, 1.807) is 0 Å². The number of fused-ring (bicyclic) bond motifs is 1. The first kappa shape index (κ1) is 10.7. The highest BCUT2D eigenvalue weighted by Gasteiger charge is 1.98. The van der Waals surface area contributed by atoms with E-state index < -0.39 is 0 Å². The van der Waals surface area contributed by atoms with Crippen molar-refractivity contribution in [2.45, 2.75) is 0 Å². The van der Waals surface area contributed by atoms with Crippen molar-refractivity contribution in [3.8, 4) is 0 Å². The fraction of sp³-hybridized carbons (Fsp3) is 0. The summed E-state index contributed by atoms with van der Waals surface area (Å²) in [6.07, 6.45) is 0. The third-order valence-corrected chi connectivity index (χ3v) is 2.72. The maximum atomic E-state index is 4.30. The number of rotatable bonds is 2. The van der Waals surface area contributed by atoms with Crippen LogP contribution in [0.15, 0.2) is 77.0 Å². The standard InChI is InChI=1S/C16H11N2/c1-2-9-14(10-3-1)17-18-16-12-6-8-13-7-4-5-11-15(13)16/h1-9,11-12H. The predicted octanol–water partition coefficient (Wildman–Crippen LogP) is 5.06. The summed E-state index contributed by atoms with van der Waals surface area (Å²) in [5.41, 5.74) is 1.62. The lowest BCUT2D eigenvalue weighted by molar-refractivity contribution is 1.24. The predicted molar refractivity (Wildman–Crippen MR) is 73.4 cm³/mol. The molecule has 1 radical (unpaired) electrons. The van der Waals surface area contributed by atoms with Crippen LogP contribution in [0.1, 0.15) is 0 Å². The molecule has 0 bridgehead atoms. The van der Waals surface area contributed by atoms with E-state index in [0.717, 1.165) is 16.8 Å². The molecule has 0 spiro atoms. The minimum atomic E-state index is 0.741. The maximum Gasteiger partial charge on any atom is 0.0936 e. The molecule has 3 rings (SSSR count). The van der Waals surface area contributed by atoms with Gasteiger partial charge in [0.25, 0.3) is 0 Å². The van der Waals surface area contributed by atoms with Crippen molar-refractivity contribution in [2.75, 3.05) is 0 Å². The first-order valence-corrected chi connectivity index (χ1v) is 5.80. The van der Waals surface area contributed by atoms with Crippen LogP contribution in [-0.4, -0.2) is 0 Å². The second-order valence-electron chi connectivity index (χ2n) is 3.95. The molecular weight excluding hydrogens is 220 g/mol. The van der Waals surface area contributed by atoms with Crippen molar-refractivity contribution in [3.63, 3.8) is 0 Å². The zero-order valence-corrected chi connectivity index (χ0v) is 9.75. The van der Waals surface area contributed by atoms with Crippen LogP contribution in [0.25, 0.3) is 10.8 Å². The molecule has 0 amide bonds. The van der Waals surface area contributed by atoms with Gasteiger partial charge >= 0.3 is 0 Å². The van der Waals surface area contributed by atoms with E-state index in [-0.39, 0.29) is 0 Å². The Labute approximate surface area is 106 Å². The molecule has 18 heavy (non-hydrogen) atoms. The van der Waals surface area contributed by atoms with Crippen LogP contribution in [0.2, 0.25) is 0 Å². The monoisotopic (exact) mass is 231 g/mol. The molecule has 0 saturated carbocycles. The van der Waals surface area contributed by atoms with E-state index in [4.69, 9.17) is 0 Å². The van der Waals surface area contributed by atoms with Gasteiger partial charge in [0.05, 0.1) is 11.4 Å². The van der Waals surface area contributed by atoms with Gasteiger partial charge in [0.1, 0.15) is 0 Å². The Bertz CT molecular complexity index is 682. The van der Waals surface area contributed by atoms with Gasteiger partial charge in [-0.1, -0.05) is 54.6 Å². The summed E-state index contributed by atoms with van der Waals surface area (Å²) < 4.78 is 0. The summed E-state index contributed by atoms with van der Waals surface area (Å²) in [6, 6.07) is 24.8. The summed E-state index contributed by atoms with van der Waals surface area (Å²) in [4.78, 5) is 0. The van der Waals surface area contributed by atoms with Crippen LogP contribution in [-0.2, 0) is 0 Å². The lowest BCUT2D eigenvalue weighted by Crippen LogP contribution is -1.72. The molecule has 0 aliphatic rings. The van der Waals surface area contributed by atoms with Crippen LogP contribution >= 0.6 is 0 Å². The summed E-state index contributed by atoms with van der Waals surface area (Å²) in [5, 5.41) is 10.8. The van der Waals surface area contributed by atoms with E-state index in [1.165, 1.54) is 5.39 Å². The Hall–Kier alpha value is -2.48. The van der Waals surface area contributed by atoms with Crippen LogP contribution in [0.3, 0.4) is 0 Å². The minimum absolute atomic E-state index is 0.741. The van der Waals surface area contributed by atoms with Gasteiger partial charge in [-0.3, -0.25) is 0 Å². The van der Waals surface area contributed by atoms with Gasteiger partial charge in [-0.2, -0.15) is 0 Å². The average molecular weight is 231 g/mol. The van der Waals surface area contributed by atoms with Crippen LogP contribution in [0, 0.1) is 6.07 Å². The Morgan fingerprint density at radius 1 is 0.722 bits per heavy atom. The molecular formula is C16H11N2. The Morgan fingerprint density at radius 3 is 2.44 bits per heavy atom. The highest BCUT2D eigenvalue weighted by atomic mass is 15.1. The molecule has 3 aromatic carbocycles. The van der Waals surface area contributed by atoms with E-state index in [1.807, 2.05) is 48.5 Å². The van der Waals surface area contributed by atoms with Crippen molar-refractivity contribution < 1.29 is 0 Å². The van der Waals surface area contributed by atoms with E-state index >= 15 is 0 Å². The minimum Gasteiger partial charge on any atom is -0.150 e. The second kappa shape index (κ2) is 4.80. The van der Waals surface area contributed by atoms with Gasteiger partial charge in [-0.05, 0) is 17.5 Å². The zero-order chi connectivity index (χ0) is 12.2. The summed E-state index contributed by atoms with van der Waals surface area (Å²) in [7, 11) is 0. The van der Waals surface area contributed by atoms with Crippen LogP contribution < -0.4 is 0 Å². The third kappa shape index (κ3) is 2.13. The normalized spacial score (nSPS) is 11.1. The molecule has 2 nitrogen and oxygen atoms in total. The van der Waals surface area contributed by atoms with Crippen LogP contribution in [0.4, 0.5) is 11.4 Å². The number of hydrogen-bond acceptors (Lipinski definition) is 2. The number of hydrogen-bond donors (Lipinski definition) is 0. The third-order valence-electron chi connectivity index (χ3n) is 2.72. The fourth-order valence-corrected chi connectivity index (χ4v) is 1.85. The number of nitrogens with zero attached hydrogens (tertiary/aromatic N) is 2. The van der Waals surface area contributed by atoms with E-state index in [2.05, 4.69) is 34.5 Å². The van der Waals surface area contributed by atoms with Gasteiger partial charge in [-0.25, -0.2) is 0 Å². The molecule has 3 aromatic rings. The lowest BCUT2D eigenvalue weighted by Gasteiger charge is -1.99. The van der Waals surface area contributed by atoms with Crippen molar-refractivity contribution >= 4 is 22.1 Å². The molecule has 0 aromatic heterocycles. The Balaban J connectivity index is 2.03. The van der Waals surface area contributed by atoms with Crippen molar-refractivity contribution in [1.82, 2.24) is 0 Å². The van der Waals surface area contributed by atoms with Gasteiger partial charge in [0, 0.05) is 11.5 Å². The van der Waals surface area contributed by atoms with Crippen molar-refractivity contribution in [3.05, 3.63) is 72.8 Å². The first-order chi connectivity index (χ1) is 8.93. The number of benzene rings is 3. The Morgan fingerprint density at radius 2 is 1.56 bits per heavy atom. The molecule has 0 aliphatic carbocycles. The largest absolute Gasteiger partial charge is 0.150 e. The van der Waals surface area contributed by atoms with E-state index in [0.29, 0.717) is 0 Å². The Kier molecular flexibility index (Phi) is 2.84. The highest BCUT2D eigenvalue weighted by Crippen LogP contribution is 2.27. The summed E-state index contributed by atoms with van der Waals surface area (Å²) in [6.45, 7) is 0. The molecule has 0 N–H and O–H groups in total. The highest BCUT2D eigenvalue weighted by molar-refractivity contribution is 5.92. The first-order valence-electron chi connectivity index (χ1n) is 5.80.